The molecule has 100 valence electrons. The van der Waals surface area contributed by atoms with Crippen LogP contribution in [0.15, 0.2) is 42.5 Å². The highest BCUT2D eigenvalue weighted by atomic mass is 35.5. The molecule has 1 N–H and O–H groups in total. The third-order valence-electron chi connectivity index (χ3n) is 2.80. The highest BCUT2D eigenvalue weighted by Gasteiger charge is 2.10. The molecule has 0 aliphatic rings. The number of aliphatic hydroxyl groups excluding tert-OH is 1. The van der Waals surface area contributed by atoms with E-state index < -0.39 is 6.10 Å². The second kappa shape index (κ2) is 6.29. The van der Waals surface area contributed by atoms with Crippen LogP contribution in [0, 0.1) is 0 Å². The summed E-state index contributed by atoms with van der Waals surface area (Å²) in [5.74, 6) is 0.633. The molecule has 0 aliphatic carbocycles. The van der Waals surface area contributed by atoms with Crippen LogP contribution in [0.5, 0.6) is 5.75 Å². The number of para-hydroxylation sites is 1. The summed E-state index contributed by atoms with van der Waals surface area (Å²) < 4.78 is 5.72. The van der Waals surface area contributed by atoms with Gasteiger partial charge in [0, 0.05) is 21.2 Å². The zero-order valence-corrected chi connectivity index (χ0v) is 11.9. The molecule has 0 fully saturated rings. The first kappa shape index (κ1) is 14.2. The average molecular weight is 297 g/mol. The van der Waals surface area contributed by atoms with Gasteiger partial charge in [0.15, 0.2) is 0 Å². The highest BCUT2D eigenvalue weighted by molar-refractivity contribution is 6.35. The summed E-state index contributed by atoms with van der Waals surface area (Å²) in [4.78, 5) is 0. The van der Waals surface area contributed by atoms with Crippen LogP contribution in [0.4, 0.5) is 0 Å². The summed E-state index contributed by atoms with van der Waals surface area (Å²) in [6.07, 6.45) is -0.585. The fourth-order valence-electron chi connectivity index (χ4n) is 1.78. The van der Waals surface area contributed by atoms with E-state index >= 15 is 0 Å². The van der Waals surface area contributed by atoms with Crippen molar-refractivity contribution < 1.29 is 9.84 Å². The van der Waals surface area contributed by atoms with Crippen LogP contribution in [-0.4, -0.2) is 5.11 Å². The lowest BCUT2D eigenvalue weighted by Crippen LogP contribution is -2.01. The highest BCUT2D eigenvalue weighted by Crippen LogP contribution is 2.29. The minimum Gasteiger partial charge on any atom is -0.488 e. The van der Waals surface area contributed by atoms with Crippen molar-refractivity contribution in [3.8, 4) is 5.75 Å². The van der Waals surface area contributed by atoms with Gasteiger partial charge in [0.2, 0.25) is 0 Å². The summed E-state index contributed by atoms with van der Waals surface area (Å²) in [6, 6.07) is 12.7. The summed E-state index contributed by atoms with van der Waals surface area (Å²) in [5, 5.41) is 10.8. The Balaban J connectivity index is 2.19. The Labute approximate surface area is 122 Å². The van der Waals surface area contributed by atoms with Crippen LogP contribution in [-0.2, 0) is 6.61 Å². The second-order valence-electron chi connectivity index (χ2n) is 4.20. The SMILES string of the molecule is C[C@@H](O)c1ccccc1OCc1c(Cl)cccc1Cl. The van der Waals surface area contributed by atoms with Gasteiger partial charge in [-0.1, -0.05) is 47.5 Å². The molecular formula is C15H14Cl2O2. The Hall–Kier alpha value is -1.22. The van der Waals surface area contributed by atoms with Crippen LogP contribution in [0.25, 0.3) is 0 Å². The van der Waals surface area contributed by atoms with E-state index in [0.717, 1.165) is 11.1 Å². The van der Waals surface area contributed by atoms with Crippen molar-refractivity contribution in [3.63, 3.8) is 0 Å². The molecule has 1 atom stereocenters. The van der Waals surface area contributed by atoms with E-state index in [1.165, 1.54) is 0 Å². The lowest BCUT2D eigenvalue weighted by atomic mass is 10.1. The maximum absolute atomic E-state index is 9.68. The fraction of sp³-hybridized carbons (Fsp3) is 0.200. The number of aliphatic hydroxyl groups is 1. The van der Waals surface area contributed by atoms with Crippen molar-refractivity contribution >= 4 is 23.2 Å². The third kappa shape index (κ3) is 3.41. The van der Waals surface area contributed by atoms with Crippen molar-refractivity contribution in [3.05, 3.63) is 63.6 Å². The molecule has 0 radical (unpaired) electrons. The fourth-order valence-corrected chi connectivity index (χ4v) is 2.28. The maximum Gasteiger partial charge on any atom is 0.125 e. The van der Waals surface area contributed by atoms with E-state index in [1.54, 1.807) is 25.1 Å². The molecule has 0 amide bonds. The molecule has 0 unspecified atom stereocenters. The molecule has 4 heteroatoms. The molecule has 0 aromatic heterocycles. The van der Waals surface area contributed by atoms with E-state index in [4.69, 9.17) is 27.9 Å². The van der Waals surface area contributed by atoms with Gasteiger partial charge in [-0.05, 0) is 25.1 Å². The van der Waals surface area contributed by atoms with Crippen LogP contribution >= 0.6 is 23.2 Å². The first-order chi connectivity index (χ1) is 9.09. The number of benzene rings is 2. The third-order valence-corrected chi connectivity index (χ3v) is 3.51. The minimum atomic E-state index is -0.585. The average Bonchev–Trinajstić information content (AvgIpc) is 2.38. The van der Waals surface area contributed by atoms with Crippen LogP contribution in [0.2, 0.25) is 10.0 Å². The van der Waals surface area contributed by atoms with Crippen molar-refractivity contribution in [1.82, 2.24) is 0 Å². The number of ether oxygens (including phenoxy) is 1. The molecular weight excluding hydrogens is 283 g/mol. The molecule has 2 rings (SSSR count). The van der Waals surface area contributed by atoms with Gasteiger partial charge in [0.25, 0.3) is 0 Å². The zero-order valence-electron chi connectivity index (χ0n) is 10.4. The Morgan fingerprint density at radius 3 is 2.32 bits per heavy atom. The van der Waals surface area contributed by atoms with Gasteiger partial charge in [-0.2, -0.15) is 0 Å². The molecule has 2 aromatic rings. The molecule has 0 saturated heterocycles. The molecule has 0 heterocycles. The van der Waals surface area contributed by atoms with Gasteiger partial charge in [0.1, 0.15) is 12.4 Å². The minimum absolute atomic E-state index is 0.266. The number of halogens is 2. The van der Waals surface area contributed by atoms with Gasteiger partial charge < -0.3 is 9.84 Å². The van der Waals surface area contributed by atoms with E-state index in [1.807, 2.05) is 24.3 Å². The lowest BCUT2D eigenvalue weighted by Gasteiger charge is -2.14. The van der Waals surface area contributed by atoms with Crippen molar-refractivity contribution in [2.75, 3.05) is 0 Å². The Morgan fingerprint density at radius 1 is 1.05 bits per heavy atom. The van der Waals surface area contributed by atoms with Crippen molar-refractivity contribution in [1.29, 1.82) is 0 Å². The van der Waals surface area contributed by atoms with Gasteiger partial charge >= 0.3 is 0 Å². The largest absolute Gasteiger partial charge is 0.488 e. The molecule has 2 aromatic carbocycles. The molecule has 0 aliphatic heterocycles. The van der Waals surface area contributed by atoms with E-state index in [9.17, 15) is 5.11 Å². The molecule has 0 saturated carbocycles. The topological polar surface area (TPSA) is 29.5 Å². The standard InChI is InChI=1S/C15H14Cl2O2/c1-10(18)11-5-2-3-8-15(11)19-9-12-13(16)6-4-7-14(12)17/h2-8,10,18H,9H2,1H3/t10-/m1/s1. The number of rotatable bonds is 4. The quantitative estimate of drug-likeness (QED) is 0.891. The smallest absolute Gasteiger partial charge is 0.125 e. The van der Waals surface area contributed by atoms with Crippen LogP contribution in [0.1, 0.15) is 24.2 Å². The Kier molecular flexibility index (Phi) is 4.70. The number of hydrogen-bond donors (Lipinski definition) is 1. The Morgan fingerprint density at radius 2 is 1.68 bits per heavy atom. The Bertz CT molecular complexity index is 548. The van der Waals surface area contributed by atoms with Crippen LogP contribution < -0.4 is 4.74 Å². The molecule has 2 nitrogen and oxygen atoms in total. The lowest BCUT2D eigenvalue weighted by molar-refractivity contribution is 0.190. The van der Waals surface area contributed by atoms with Gasteiger partial charge in [-0.3, -0.25) is 0 Å². The molecule has 19 heavy (non-hydrogen) atoms. The summed E-state index contributed by atoms with van der Waals surface area (Å²) in [5.41, 5.74) is 1.48. The zero-order chi connectivity index (χ0) is 13.8. The van der Waals surface area contributed by atoms with E-state index in [2.05, 4.69) is 0 Å². The first-order valence-electron chi connectivity index (χ1n) is 5.92. The van der Waals surface area contributed by atoms with Crippen molar-refractivity contribution in [2.24, 2.45) is 0 Å². The summed E-state index contributed by atoms with van der Waals surface area (Å²) in [7, 11) is 0. The van der Waals surface area contributed by atoms with Crippen LogP contribution in [0.3, 0.4) is 0 Å². The van der Waals surface area contributed by atoms with Crippen molar-refractivity contribution in [2.45, 2.75) is 19.6 Å². The predicted molar refractivity (Wildman–Crippen MR) is 77.9 cm³/mol. The summed E-state index contributed by atoms with van der Waals surface area (Å²) >= 11 is 12.2. The van der Waals surface area contributed by atoms with E-state index in [-0.39, 0.29) is 6.61 Å². The van der Waals surface area contributed by atoms with E-state index in [0.29, 0.717) is 15.8 Å². The van der Waals surface area contributed by atoms with Gasteiger partial charge in [-0.25, -0.2) is 0 Å². The normalized spacial score (nSPS) is 12.2. The molecule has 0 spiro atoms. The monoisotopic (exact) mass is 296 g/mol. The second-order valence-corrected chi connectivity index (χ2v) is 5.02. The van der Waals surface area contributed by atoms with Gasteiger partial charge in [0.05, 0.1) is 6.10 Å². The maximum atomic E-state index is 9.68. The van der Waals surface area contributed by atoms with Gasteiger partial charge in [-0.15, -0.1) is 0 Å². The number of hydrogen-bond acceptors (Lipinski definition) is 2. The predicted octanol–water partition coefficient (Wildman–Crippen LogP) is 4.63. The molecule has 0 bridgehead atoms. The first-order valence-corrected chi connectivity index (χ1v) is 6.68. The summed E-state index contributed by atoms with van der Waals surface area (Å²) in [6.45, 7) is 1.97.